The van der Waals surface area contributed by atoms with Gasteiger partial charge in [-0.25, -0.2) is 4.39 Å². The molecular formula is C25H30FNO5S. The van der Waals surface area contributed by atoms with Gasteiger partial charge >= 0.3 is 0 Å². The van der Waals surface area contributed by atoms with Crippen LogP contribution in [0, 0.1) is 23.6 Å². The fraction of sp³-hybridized carbons (Fsp3) is 0.480. The summed E-state index contributed by atoms with van der Waals surface area (Å²) in [4.78, 5) is 4.49. The van der Waals surface area contributed by atoms with Gasteiger partial charge in [-0.3, -0.25) is 9.17 Å². The summed E-state index contributed by atoms with van der Waals surface area (Å²) < 4.78 is 53.6. The first-order valence-electron chi connectivity index (χ1n) is 11.2. The highest BCUT2D eigenvalue weighted by molar-refractivity contribution is 7.86. The Balaban J connectivity index is 1.49. The second-order valence-electron chi connectivity index (χ2n) is 8.93. The van der Waals surface area contributed by atoms with Crippen LogP contribution in [0.4, 0.5) is 4.39 Å². The lowest BCUT2D eigenvalue weighted by molar-refractivity contribution is -0.0930. The Bertz CT molecular complexity index is 1070. The number of hydrogen-bond donors (Lipinski definition) is 0. The molecule has 1 heterocycles. The molecule has 0 unspecified atom stereocenters. The maximum atomic E-state index is 13.5. The minimum Gasteiger partial charge on any atom is -0.359 e. The third-order valence-electron chi connectivity index (χ3n) is 6.61. The maximum absolute atomic E-state index is 13.5. The number of ether oxygens (including phenoxy) is 2. The van der Waals surface area contributed by atoms with E-state index in [1.807, 2.05) is 30.4 Å². The molecule has 6 nitrogen and oxygen atoms in total. The lowest BCUT2D eigenvalue weighted by Gasteiger charge is -2.33. The number of rotatable bonds is 8. The van der Waals surface area contributed by atoms with Crippen molar-refractivity contribution in [3.05, 3.63) is 60.2 Å². The molecule has 2 fully saturated rings. The Morgan fingerprint density at radius 2 is 2.00 bits per heavy atom. The monoisotopic (exact) mass is 475 g/mol. The van der Waals surface area contributed by atoms with Gasteiger partial charge in [0.2, 0.25) is 0 Å². The maximum Gasteiger partial charge on any atom is 0.264 e. The number of hydrogen-bond acceptors (Lipinski definition) is 6. The first-order valence-corrected chi connectivity index (χ1v) is 13.0. The fourth-order valence-corrected chi connectivity index (χ4v) is 5.87. The summed E-state index contributed by atoms with van der Waals surface area (Å²) in [7, 11) is -1.96. The van der Waals surface area contributed by atoms with Crippen molar-refractivity contribution in [2.75, 3.05) is 20.2 Å². The minimum absolute atomic E-state index is 0.0159. The van der Waals surface area contributed by atoms with E-state index < -0.39 is 10.1 Å². The van der Waals surface area contributed by atoms with Crippen LogP contribution in [-0.4, -0.2) is 45.8 Å². The van der Waals surface area contributed by atoms with Crippen molar-refractivity contribution >= 4 is 16.2 Å². The van der Waals surface area contributed by atoms with E-state index in [1.165, 1.54) is 12.1 Å². The van der Waals surface area contributed by atoms with E-state index in [-0.39, 0.29) is 30.7 Å². The Hall–Kier alpha value is -2.13. The first kappa shape index (κ1) is 24.0. The van der Waals surface area contributed by atoms with Crippen molar-refractivity contribution in [2.24, 2.45) is 17.8 Å². The molecule has 0 spiro atoms. The number of fused-ring (bicyclic) bond motifs is 1. The summed E-state index contributed by atoms with van der Waals surface area (Å²) in [6.07, 6.45) is 9.96. The SMILES string of the molecule is COCO[C@@H]1CC[C@@H]2[C@@H](C1)C[C@@H](OS(C)(=O)=O)[C@H]2C=Cc1ccc(-c2cccc(F)c2)cn1. The molecule has 178 valence electrons. The third-order valence-corrected chi connectivity index (χ3v) is 7.20. The molecule has 0 aliphatic heterocycles. The van der Waals surface area contributed by atoms with Gasteiger partial charge in [-0.05, 0) is 67.4 Å². The van der Waals surface area contributed by atoms with Gasteiger partial charge in [0.05, 0.1) is 24.2 Å². The van der Waals surface area contributed by atoms with E-state index in [4.69, 9.17) is 13.7 Å². The molecule has 0 amide bonds. The average Bonchev–Trinajstić information content (AvgIpc) is 3.11. The van der Waals surface area contributed by atoms with Crippen LogP contribution in [0.1, 0.15) is 31.4 Å². The van der Waals surface area contributed by atoms with Crippen molar-refractivity contribution in [1.82, 2.24) is 4.98 Å². The van der Waals surface area contributed by atoms with Gasteiger partial charge in [0.1, 0.15) is 12.6 Å². The Kier molecular flexibility index (Phi) is 7.58. The molecule has 0 saturated heterocycles. The number of pyridine rings is 1. The van der Waals surface area contributed by atoms with Gasteiger partial charge in [-0.15, -0.1) is 0 Å². The molecule has 8 heteroatoms. The van der Waals surface area contributed by atoms with E-state index in [2.05, 4.69) is 4.98 Å². The molecule has 0 N–H and O–H groups in total. The van der Waals surface area contributed by atoms with Crippen LogP contribution in [0.5, 0.6) is 0 Å². The molecule has 5 atom stereocenters. The summed E-state index contributed by atoms with van der Waals surface area (Å²) >= 11 is 0. The highest BCUT2D eigenvalue weighted by atomic mass is 32.2. The molecule has 0 bridgehead atoms. The molecule has 1 aromatic carbocycles. The van der Waals surface area contributed by atoms with Crippen molar-refractivity contribution < 1.29 is 26.5 Å². The zero-order valence-electron chi connectivity index (χ0n) is 18.9. The third kappa shape index (κ3) is 6.26. The van der Waals surface area contributed by atoms with Crippen molar-refractivity contribution in [1.29, 1.82) is 0 Å². The number of aromatic nitrogens is 1. The molecular weight excluding hydrogens is 445 g/mol. The summed E-state index contributed by atoms with van der Waals surface area (Å²) in [5.41, 5.74) is 2.36. The highest BCUT2D eigenvalue weighted by Gasteiger charge is 2.46. The van der Waals surface area contributed by atoms with Gasteiger partial charge in [0.25, 0.3) is 10.1 Å². The van der Waals surface area contributed by atoms with Crippen LogP contribution >= 0.6 is 0 Å². The zero-order chi connectivity index (χ0) is 23.4. The molecule has 0 radical (unpaired) electrons. The van der Waals surface area contributed by atoms with Gasteiger partial charge < -0.3 is 9.47 Å². The molecule has 2 saturated carbocycles. The number of benzene rings is 1. The molecule has 33 heavy (non-hydrogen) atoms. The van der Waals surface area contributed by atoms with Crippen molar-refractivity contribution in [3.8, 4) is 11.1 Å². The summed E-state index contributed by atoms with van der Waals surface area (Å²) in [5.74, 6) is 0.372. The fourth-order valence-electron chi connectivity index (χ4n) is 5.22. The normalized spacial score (nSPS) is 27.7. The highest BCUT2D eigenvalue weighted by Crippen LogP contribution is 2.48. The number of halogens is 1. The topological polar surface area (TPSA) is 74.7 Å². The van der Waals surface area contributed by atoms with Crippen molar-refractivity contribution in [2.45, 2.75) is 37.9 Å². The lowest BCUT2D eigenvalue weighted by atomic mass is 9.76. The number of nitrogens with zero attached hydrogens (tertiary/aromatic N) is 1. The first-order chi connectivity index (χ1) is 15.8. The minimum atomic E-state index is -3.57. The molecule has 2 aliphatic carbocycles. The van der Waals surface area contributed by atoms with E-state index in [0.717, 1.165) is 42.3 Å². The number of methoxy groups -OCH3 is 1. The smallest absolute Gasteiger partial charge is 0.264 e. The van der Waals surface area contributed by atoms with Crippen LogP contribution in [-0.2, 0) is 23.8 Å². The second kappa shape index (κ2) is 10.4. The van der Waals surface area contributed by atoms with Gasteiger partial charge in [-0.2, -0.15) is 8.42 Å². The second-order valence-corrected chi connectivity index (χ2v) is 10.5. The molecule has 1 aromatic heterocycles. The predicted molar refractivity (Wildman–Crippen MR) is 124 cm³/mol. The summed E-state index contributed by atoms with van der Waals surface area (Å²) in [6, 6.07) is 10.2. The standard InChI is InChI=1S/C25H30FNO5S/c1-30-16-31-22-9-11-23-19(13-22)14-25(32-33(2,28)29)24(23)10-8-21-7-6-18(15-27-21)17-4-3-5-20(26)12-17/h3-8,10,12,15,19,22-25H,9,11,13-14,16H2,1-2H3/t19-,22+,23+,24-,25+/m0/s1. The lowest BCUT2D eigenvalue weighted by Crippen LogP contribution is -2.30. The van der Waals surface area contributed by atoms with Gasteiger partial charge in [-0.1, -0.05) is 24.3 Å². The van der Waals surface area contributed by atoms with E-state index in [1.54, 1.807) is 19.4 Å². The van der Waals surface area contributed by atoms with Crippen LogP contribution in [0.2, 0.25) is 0 Å². The summed E-state index contributed by atoms with van der Waals surface area (Å²) in [5, 5.41) is 0. The van der Waals surface area contributed by atoms with E-state index >= 15 is 0 Å². The van der Waals surface area contributed by atoms with Crippen LogP contribution in [0.15, 0.2) is 48.7 Å². The van der Waals surface area contributed by atoms with Crippen LogP contribution < -0.4 is 0 Å². The Morgan fingerprint density at radius 3 is 2.70 bits per heavy atom. The van der Waals surface area contributed by atoms with Crippen molar-refractivity contribution in [3.63, 3.8) is 0 Å². The molecule has 2 aromatic rings. The molecule has 4 rings (SSSR count). The van der Waals surface area contributed by atoms with Gasteiger partial charge in [0.15, 0.2) is 0 Å². The average molecular weight is 476 g/mol. The van der Waals surface area contributed by atoms with Crippen LogP contribution in [0.25, 0.3) is 17.2 Å². The van der Waals surface area contributed by atoms with Crippen LogP contribution in [0.3, 0.4) is 0 Å². The Morgan fingerprint density at radius 1 is 1.15 bits per heavy atom. The Labute approximate surface area is 194 Å². The predicted octanol–water partition coefficient (Wildman–Crippen LogP) is 4.67. The zero-order valence-corrected chi connectivity index (χ0v) is 19.7. The van der Waals surface area contributed by atoms with E-state index in [9.17, 15) is 12.8 Å². The largest absolute Gasteiger partial charge is 0.359 e. The van der Waals surface area contributed by atoms with E-state index in [0.29, 0.717) is 18.3 Å². The van der Waals surface area contributed by atoms with Gasteiger partial charge in [0, 0.05) is 24.8 Å². The summed E-state index contributed by atoms with van der Waals surface area (Å²) in [6.45, 7) is 0.270. The molecule has 2 aliphatic rings. The quantitative estimate of drug-likeness (QED) is 0.408.